The molecular formula is C6H14N3O2-. The van der Waals surface area contributed by atoms with Crippen LogP contribution in [-0.4, -0.2) is 22.4 Å². The second kappa shape index (κ2) is 3.64. The third-order valence-electron chi connectivity index (χ3n) is 1.35. The molecule has 0 rings (SSSR count). The zero-order valence-corrected chi connectivity index (χ0v) is 7.37. The quantitative estimate of drug-likeness (QED) is 0.463. The second-order valence-corrected chi connectivity index (χ2v) is 3.22. The molecule has 0 atom stereocenters. The summed E-state index contributed by atoms with van der Waals surface area (Å²) in [4.78, 5) is 9.87. The lowest BCUT2D eigenvalue weighted by Gasteiger charge is -2.42. The van der Waals surface area contributed by atoms with Crippen LogP contribution in [0.1, 0.15) is 27.7 Å². The van der Waals surface area contributed by atoms with Crippen molar-refractivity contribution in [1.82, 2.24) is 10.3 Å². The minimum atomic E-state index is -0.357. The summed E-state index contributed by atoms with van der Waals surface area (Å²) in [7, 11) is 0. The van der Waals surface area contributed by atoms with E-state index in [2.05, 4.69) is 5.29 Å². The molecule has 66 valence electrons. The zero-order valence-electron chi connectivity index (χ0n) is 7.37. The van der Waals surface area contributed by atoms with Gasteiger partial charge in [-0.15, -0.1) is 4.91 Å². The predicted octanol–water partition coefficient (Wildman–Crippen LogP) is 1.50. The SMILES string of the molecule is CCN(N([O-])N=O)C(C)(C)C. The molecule has 0 saturated heterocycles. The molecule has 0 heterocycles. The van der Waals surface area contributed by atoms with Gasteiger partial charge in [0, 0.05) is 12.1 Å². The predicted molar refractivity (Wildman–Crippen MR) is 43.1 cm³/mol. The van der Waals surface area contributed by atoms with E-state index >= 15 is 0 Å². The van der Waals surface area contributed by atoms with Gasteiger partial charge in [-0.1, -0.05) is 6.92 Å². The molecule has 0 bridgehead atoms. The number of rotatable bonds is 3. The number of nitroso groups, excluding NO2 is 1. The molecule has 0 aliphatic carbocycles. The molecule has 0 aliphatic rings. The summed E-state index contributed by atoms with van der Waals surface area (Å²) in [5.41, 5.74) is -0.357. The molecule has 0 saturated carbocycles. The molecule has 0 aromatic heterocycles. The fourth-order valence-corrected chi connectivity index (χ4v) is 0.896. The van der Waals surface area contributed by atoms with Crippen molar-refractivity contribution in [3.8, 4) is 0 Å². The Kier molecular flexibility index (Phi) is 3.41. The summed E-state index contributed by atoms with van der Waals surface area (Å²) in [6.07, 6.45) is 0. The number of hydrogen-bond acceptors (Lipinski definition) is 4. The van der Waals surface area contributed by atoms with Crippen molar-refractivity contribution in [3.05, 3.63) is 10.1 Å². The van der Waals surface area contributed by atoms with E-state index in [1.165, 1.54) is 5.01 Å². The van der Waals surface area contributed by atoms with Crippen molar-refractivity contribution in [2.75, 3.05) is 6.54 Å². The molecule has 5 heteroatoms. The molecule has 0 aromatic carbocycles. The Morgan fingerprint density at radius 3 is 2.00 bits per heavy atom. The summed E-state index contributed by atoms with van der Waals surface area (Å²) in [6, 6.07) is 0. The van der Waals surface area contributed by atoms with E-state index in [1.54, 1.807) is 6.92 Å². The standard InChI is InChI=1S/C6H14N3O2/c1-5-8(6(2,3)4)9(11)7-10/h5H2,1-4H3/q-1. The molecule has 0 amide bonds. The first-order valence-electron chi connectivity index (χ1n) is 3.51. The minimum Gasteiger partial charge on any atom is -0.724 e. The van der Waals surface area contributed by atoms with Gasteiger partial charge in [0.1, 0.15) is 0 Å². The zero-order chi connectivity index (χ0) is 9.07. The van der Waals surface area contributed by atoms with Crippen LogP contribution >= 0.6 is 0 Å². The highest BCUT2D eigenvalue weighted by Crippen LogP contribution is 2.14. The van der Waals surface area contributed by atoms with Gasteiger partial charge in [0.15, 0.2) is 0 Å². The van der Waals surface area contributed by atoms with Crippen LogP contribution in [-0.2, 0) is 0 Å². The third kappa shape index (κ3) is 2.81. The first-order chi connectivity index (χ1) is 4.93. The van der Waals surface area contributed by atoms with Crippen LogP contribution in [0.4, 0.5) is 0 Å². The summed E-state index contributed by atoms with van der Waals surface area (Å²) < 4.78 is 0. The Hall–Kier alpha value is -0.680. The van der Waals surface area contributed by atoms with Crippen molar-refractivity contribution < 1.29 is 0 Å². The summed E-state index contributed by atoms with van der Waals surface area (Å²) >= 11 is 0. The first kappa shape index (κ1) is 10.3. The third-order valence-corrected chi connectivity index (χ3v) is 1.35. The van der Waals surface area contributed by atoms with Crippen LogP contribution in [0.2, 0.25) is 0 Å². The Morgan fingerprint density at radius 1 is 1.45 bits per heavy atom. The molecule has 0 aliphatic heterocycles. The van der Waals surface area contributed by atoms with E-state index in [4.69, 9.17) is 0 Å². The van der Waals surface area contributed by atoms with Crippen molar-refractivity contribution in [1.29, 1.82) is 0 Å². The Balaban J connectivity index is 4.27. The van der Waals surface area contributed by atoms with Gasteiger partial charge in [-0.05, 0) is 20.8 Å². The van der Waals surface area contributed by atoms with Crippen LogP contribution in [0.3, 0.4) is 0 Å². The van der Waals surface area contributed by atoms with Crippen LogP contribution in [0.25, 0.3) is 0 Å². The minimum absolute atomic E-state index is 0.0833. The smallest absolute Gasteiger partial charge is 0.0579 e. The van der Waals surface area contributed by atoms with Gasteiger partial charge in [-0.3, -0.25) is 5.28 Å². The number of hydrazine groups is 1. The Morgan fingerprint density at radius 2 is 1.91 bits per heavy atom. The second-order valence-electron chi connectivity index (χ2n) is 3.22. The highest BCUT2D eigenvalue weighted by Gasteiger charge is 2.20. The fourth-order valence-electron chi connectivity index (χ4n) is 0.896. The van der Waals surface area contributed by atoms with E-state index in [9.17, 15) is 10.1 Å². The first-order valence-corrected chi connectivity index (χ1v) is 3.51. The van der Waals surface area contributed by atoms with Crippen LogP contribution in [0.15, 0.2) is 5.29 Å². The highest BCUT2D eigenvalue weighted by molar-refractivity contribution is 4.72. The van der Waals surface area contributed by atoms with E-state index in [0.29, 0.717) is 6.54 Å². The van der Waals surface area contributed by atoms with E-state index in [1.807, 2.05) is 20.8 Å². The van der Waals surface area contributed by atoms with Gasteiger partial charge in [-0.25, -0.2) is 5.01 Å². The van der Waals surface area contributed by atoms with Crippen molar-refractivity contribution in [2.45, 2.75) is 33.2 Å². The van der Waals surface area contributed by atoms with E-state index in [0.717, 1.165) is 0 Å². The van der Waals surface area contributed by atoms with Crippen molar-refractivity contribution >= 4 is 0 Å². The summed E-state index contributed by atoms with van der Waals surface area (Å²) in [6.45, 7) is 7.78. The van der Waals surface area contributed by atoms with Crippen LogP contribution in [0.5, 0.6) is 0 Å². The van der Waals surface area contributed by atoms with E-state index in [-0.39, 0.29) is 10.8 Å². The molecular weight excluding hydrogens is 146 g/mol. The van der Waals surface area contributed by atoms with Gasteiger partial charge in [0.2, 0.25) is 0 Å². The summed E-state index contributed by atoms with van der Waals surface area (Å²) in [5.74, 6) is 0. The lowest BCUT2D eigenvalue weighted by Crippen LogP contribution is -2.47. The van der Waals surface area contributed by atoms with Crippen molar-refractivity contribution in [3.63, 3.8) is 0 Å². The van der Waals surface area contributed by atoms with Gasteiger partial charge in [-0.2, -0.15) is 0 Å². The molecule has 0 N–H and O–H groups in total. The molecule has 11 heavy (non-hydrogen) atoms. The summed E-state index contributed by atoms with van der Waals surface area (Å²) in [5, 5.41) is 14.4. The van der Waals surface area contributed by atoms with Crippen LogP contribution in [0, 0.1) is 10.1 Å². The topological polar surface area (TPSA) is 59.0 Å². The number of nitrogens with zero attached hydrogens (tertiary/aromatic N) is 3. The molecule has 0 aromatic rings. The average molecular weight is 160 g/mol. The Labute approximate surface area is 66.5 Å². The largest absolute Gasteiger partial charge is 0.724 e. The molecule has 0 unspecified atom stereocenters. The van der Waals surface area contributed by atoms with Gasteiger partial charge in [0.25, 0.3) is 0 Å². The maximum Gasteiger partial charge on any atom is 0.0579 e. The maximum absolute atomic E-state index is 10.8. The van der Waals surface area contributed by atoms with E-state index < -0.39 is 0 Å². The highest BCUT2D eigenvalue weighted by atomic mass is 16.6. The number of hydrogen-bond donors (Lipinski definition) is 0. The average Bonchev–Trinajstić information content (AvgIpc) is 1.86. The molecule has 0 radical (unpaired) electrons. The van der Waals surface area contributed by atoms with Crippen LogP contribution < -0.4 is 0 Å². The lowest BCUT2D eigenvalue weighted by atomic mass is 10.1. The Bertz CT molecular complexity index is 132. The van der Waals surface area contributed by atoms with Crippen molar-refractivity contribution in [2.24, 2.45) is 5.29 Å². The monoisotopic (exact) mass is 160 g/mol. The molecule has 0 fully saturated rings. The molecule has 0 spiro atoms. The lowest BCUT2D eigenvalue weighted by molar-refractivity contribution is -0.0505. The molecule has 5 nitrogen and oxygen atoms in total. The van der Waals surface area contributed by atoms with Gasteiger partial charge >= 0.3 is 0 Å². The van der Waals surface area contributed by atoms with Gasteiger partial charge in [0.05, 0.1) is 5.29 Å². The van der Waals surface area contributed by atoms with Gasteiger partial charge < -0.3 is 5.21 Å². The maximum atomic E-state index is 10.8. The normalized spacial score (nSPS) is 11.8. The fraction of sp³-hybridized carbons (Fsp3) is 1.00.